The van der Waals surface area contributed by atoms with Gasteiger partial charge in [-0.15, -0.1) is 11.3 Å². The van der Waals surface area contributed by atoms with Crippen LogP contribution in [0.15, 0.2) is 60.0 Å². The fourth-order valence-electron chi connectivity index (χ4n) is 5.10. The van der Waals surface area contributed by atoms with Crippen molar-refractivity contribution in [2.75, 3.05) is 33.2 Å². The normalized spacial score (nSPS) is 21.0. The molecule has 0 radical (unpaired) electrons. The quantitative estimate of drug-likeness (QED) is 0.522. The highest BCUT2D eigenvalue weighted by atomic mass is 32.1. The number of carbonyl (C=O) groups is 1. The second-order valence-corrected chi connectivity index (χ2v) is 11.2. The molecule has 2 atom stereocenters. The van der Waals surface area contributed by atoms with E-state index in [1.807, 2.05) is 23.6 Å². The van der Waals surface area contributed by atoms with Crippen molar-refractivity contribution >= 4 is 17.2 Å². The van der Waals surface area contributed by atoms with Gasteiger partial charge in [-0.05, 0) is 46.3 Å². The maximum Gasteiger partial charge on any atom is 0.241 e. The SMILES string of the molecule is CN1CCN(Cc2ccc(-c3ccc(CC(C#N)NC(=O)C4(N)Cc5ccsc5C4)cc3)cc2)CC1. The zero-order valence-electron chi connectivity index (χ0n) is 20.7. The van der Waals surface area contributed by atoms with Crippen molar-refractivity contribution in [2.45, 2.75) is 37.4 Å². The first kappa shape index (κ1) is 24.7. The summed E-state index contributed by atoms with van der Waals surface area (Å²) in [5.41, 5.74) is 11.3. The summed E-state index contributed by atoms with van der Waals surface area (Å²) < 4.78 is 0. The van der Waals surface area contributed by atoms with Crippen LogP contribution >= 0.6 is 11.3 Å². The van der Waals surface area contributed by atoms with Crippen LogP contribution in [0, 0.1) is 11.3 Å². The van der Waals surface area contributed by atoms with Crippen LogP contribution in [0.3, 0.4) is 0 Å². The number of nitrogens with two attached hydrogens (primary N) is 1. The molecule has 1 fully saturated rings. The number of benzene rings is 2. The average molecular weight is 500 g/mol. The van der Waals surface area contributed by atoms with Gasteiger partial charge in [-0.2, -0.15) is 5.26 Å². The number of hydrogen-bond donors (Lipinski definition) is 2. The minimum atomic E-state index is -0.960. The van der Waals surface area contributed by atoms with Crippen LogP contribution in [0.5, 0.6) is 0 Å². The van der Waals surface area contributed by atoms with Gasteiger partial charge in [-0.1, -0.05) is 48.5 Å². The van der Waals surface area contributed by atoms with Crippen LogP contribution in [0.4, 0.5) is 0 Å². The minimum absolute atomic E-state index is 0.245. The molecule has 1 saturated heterocycles. The number of fused-ring (bicyclic) bond motifs is 1. The van der Waals surface area contributed by atoms with Gasteiger partial charge in [0.15, 0.2) is 0 Å². The third kappa shape index (κ3) is 5.53. The highest BCUT2D eigenvalue weighted by molar-refractivity contribution is 7.10. The van der Waals surface area contributed by atoms with E-state index in [0.717, 1.165) is 49.4 Å². The molecule has 2 unspecified atom stereocenters. The third-order valence-electron chi connectivity index (χ3n) is 7.42. The Kier molecular flexibility index (Phi) is 7.22. The molecule has 1 aromatic heterocycles. The molecule has 0 spiro atoms. The van der Waals surface area contributed by atoms with Gasteiger partial charge in [-0.3, -0.25) is 9.69 Å². The summed E-state index contributed by atoms with van der Waals surface area (Å²) in [5, 5.41) is 14.6. The third-order valence-corrected chi connectivity index (χ3v) is 8.38. The van der Waals surface area contributed by atoms with Gasteiger partial charge >= 0.3 is 0 Å². The number of hydrogen-bond acceptors (Lipinski definition) is 6. The second kappa shape index (κ2) is 10.5. The summed E-state index contributed by atoms with van der Waals surface area (Å²) in [6.07, 6.45) is 1.51. The zero-order valence-corrected chi connectivity index (χ0v) is 21.6. The van der Waals surface area contributed by atoms with Crippen LogP contribution in [-0.2, 0) is 30.6 Å². The minimum Gasteiger partial charge on any atom is -0.338 e. The average Bonchev–Trinajstić information content (AvgIpc) is 3.45. The van der Waals surface area contributed by atoms with Gasteiger partial charge in [0.25, 0.3) is 0 Å². The molecule has 0 saturated carbocycles. The van der Waals surface area contributed by atoms with Crippen molar-refractivity contribution < 1.29 is 4.79 Å². The molecular formula is C29H33N5OS. The van der Waals surface area contributed by atoms with Crippen molar-refractivity contribution in [3.05, 3.63) is 81.5 Å². The van der Waals surface area contributed by atoms with Gasteiger partial charge in [0.05, 0.1) is 6.07 Å². The number of nitrogens with zero attached hydrogens (tertiary/aromatic N) is 3. The Morgan fingerprint density at radius 3 is 2.28 bits per heavy atom. The summed E-state index contributed by atoms with van der Waals surface area (Å²) in [4.78, 5) is 19.0. The van der Waals surface area contributed by atoms with E-state index in [2.05, 4.69) is 64.6 Å². The number of carbonyl (C=O) groups excluding carboxylic acids is 1. The van der Waals surface area contributed by atoms with Crippen LogP contribution in [0.25, 0.3) is 11.1 Å². The van der Waals surface area contributed by atoms with Crippen LogP contribution in [0.2, 0.25) is 0 Å². The maximum atomic E-state index is 12.9. The standard InChI is InChI=1S/C29H33N5OS/c1-33-11-13-34(14-12-33)20-22-4-8-24(9-5-22)23-6-2-21(3-7-23)16-26(19-30)32-28(35)29(31)17-25-10-15-36-27(25)18-29/h2-10,15,26H,11-14,16-18,20,31H2,1H3,(H,32,35). The first-order chi connectivity index (χ1) is 17.4. The van der Waals surface area contributed by atoms with Gasteiger partial charge in [0.2, 0.25) is 5.91 Å². The van der Waals surface area contributed by atoms with Gasteiger partial charge in [0.1, 0.15) is 11.6 Å². The largest absolute Gasteiger partial charge is 0.338 e. The van der Waals surface area contributed by atoms with Gasteiger partial charge in [-0.25, -0.2) is 0 Å². The molecule has 6 nitrogen and oxygen atoms in total. The number of nitrogens with one attached hydrogen (secondary N) is 1. The summed E-state index contributed by atoms with van der Waals surface area (Å²) >= 11 is 1.64. The highest BCUT2D eigenvalue weighted by Crippen LogP contribution is 2.32. The van der Waals surface area contributed by atoms with Gasteiger partial charge in [0, 0.05) is 56.9 Å². The van der Waals surface area contributed by atoms with E-state index < -0.39 is 11.6 Å². The molecular weight excluding hydrogens is 466 g/mol. The molecule has 1 amide bonds. The Bertz CT molecular complexity index is 1220. The van der Waals surface area contributed by atoms with Crippen molar-refractivity contribution in [3.8, 4) is 17.2 Å². The Hall–Kier alpha value is -3.02. The lowest BCUT2D eigenvalue weighted by atomic mass is 9.95. The highest BCUT2D eigenvalue weighted by Gasteiger charge is 2.41. The van der Waals surface area contributed by atoms with Crippen LogP contribution < -0.4 is 11.1 Å². The molecule has 2 aromatic carbocycles. The maximum absolute atomic E-state index is 12.9. The number of piperazine rings is 1. The Labute approximate surface area is 217 Å². The molecule has 1 aliphatic heterocycles. The fraction of sp³-hybridized carbons (Fsp3) is 0.379. The smallest absolute Gasteiger partial charge is 0.241 e. The molecule has 186 valence electrons. The summed E-state index contributed by atoms with van der Waals surface area (Å²) in [7, 11) is 2.18. The van der Waals surface area contributed by atoms with E-state index in [1.165, 1.54) is 16.0 Å². The predicted molar refractivity (Wildman–Crippen MR) is 145 cm³/mol. The molecule has 3 aromatic rings. The Morgan fingerprint density at radius 2 is 1.67 bits per heavy atom. The van der Waals surface area contributed by atoms with Crippen molar-refractivity contribution in [1.82, 2.24) is 15.1 Å². The Balaban J connectivity index is 1.16. The van der Waals surface area contributed by atoms with E-state index in [1.54, 1.807) is 11.3 Å². The first-order valence-corrected chi connectivity index (χ1v) is 13.4. The number of thiophene rings is 1. The molecule has 3 N–H and O–H groups in total. The predicted octanol–water partition coefficient (Wildman–Crippen LogP) is 3.21. The lowest BCUT2D eigenvalue weighted by Gasteiger charge is -2.32. The summed E-state index contributed by atoms with van der Waals surface area (Å²) in [6, 6.07) is 20.7. The lowest BCUT2D eigenvalue weighted by Crippen LogP contribution is -2.57. The molecule has 2 heterocycles. The van der Waals surface area contributed by atoms with Crippen LogP contribution in [-0.4, -0.2) is 60.5 Å². The topological polar surface area (TPSA) is 85.4 Å². The summed E-state index contributed by atoms with van der Waals surface area (Å²) in [5.74, 6) is -0.245. The number of likely N-dealkylation sites (N-methyl/N-ethyl adjacent to an activating group) is 1. The van der Waals surface area contributed by atoms with E-state index in [0.29, 0.717) is 19.3 Å². The van der Waals surface area contributed by atoms with Crippen molar-refractivity contribution in [2.24, 2.45) is 5.73 Å². The Morgan fingerprint density at radius 1 is 1.03 bits per heavy atom. The second-order valence-electron chi connectivity index (χ2n) is 10.2. The van der Waals surface area contributed by atoms with Crippen molar-refractivity contribution in [3.63, 3.8) is 0 Å². The van der Waals surface area contributed by atoms with E-state index in [9.17, 15) is 10.1 Å². The summed E-state index contributed by atoms with van der Waals surface area (Å²) in [6.45, 7) is 5.48. The van der Waals surface area contributed by atoms with Crippen LogP contribution in [0.1, 0.15) is 21.6 Å². The fourth-order valence-corrected chi connectivity index (χ4v) is 6.12. The molecule has 2 aliphatic rings. The number of rotatable bonds is 7. The first-order valence-electron chi connectivity index (χ1n) is 12.6. The van der Waals surface area contributed by atoms with Gasteiger partial charge < -0.3 is 16.0 Å². The van der Waals surface area contributed by atoms with E-state index in [-0.39, 0.29) is 5.91 Å². The monoisotopic (exact) mass is 499 g/mol. The number of nitriles is 1. The molecule has 5 rings (SSSR count). The molecule has 7 heteroatoms. The molecule has 36 heavy (non-hydrogen) atoms. The molecule has 1 aliphatic carbocycles. The van der Waals surface area contributed by atoms with Crippen molar-refractivity contribution in [1.29, 1.82) is 5.26 Å². The van der Waals surface area contributed by atoms with E-state index in [4.69, 9.17) is 5.73 Å². The zero-order chi connectivity index (χ0) is 25.1. The number of amides is 1. The molecule has 0 bridgehead atoms. The lowest BCUT2D eigenvalue weighted by molar-refractivity contribution is -0.126. The van der Waals surface area contributed by atoms with E-state index >= 15 is 0 Å².